The summed E-state index contributed by atoms with van der Waals surface area (Å²) in [5.74, 6) is 3.19. The summed E-state index contributed by atoms with van der Waals surface area (Å²) < 4.78 is 20.1. The van der Waals surface area contributed by atoms with E-state index < -0.39 is 25.0 Å². The molecule has 0 aromatic rings. The summed E-state index contributed by atoms with van der Waals surface area (Å²) in [6, 6.07) is 0. The van der Waals surface area contributed by atoms with Gasteiger partial charge in [-0.15, -0.1) is 0 Å². The zero-order chi connectivity index (χ0) is 26.7. The van der Waals surface area contributed by atoms with Crippen LogP contribution < -0.4 is 0 Å². The van der Waals surface area contributed by atoms with Crippen LogP contribution >= 0.6 is 0 Å². The molecule has 208 valence electrons. The molecule has 0 aromatic heterocycles. The lowest BCUT2D eigenvalue weighted by Gasteiger charge is -2.59. The maximum Gasteiger partial charge on any atom is 0.184 e. The van der Waals surface area contributed by atoms with Gasteiger partial charge in [0.2, 0.25) is 0 Å². The molecule has 8 atom stereocenters. The third kappa shape index (κ3) is 6.19. The summed E-state index contributed by atoms with van der Waals surface area (Å²) in [4.78, 5) is 0. The van der Waals surface area contributed by atoms with E-state index in [4.69, 9.17) is 13.3 Å². The van der Waals surface area contributed by atoms with Crippen molar-refractivity contribution in [1.29, 1.82) is 0 Å². The Labute approximate surface area is 226 Å². The van der Waals surface area contributed by atoms with E-state index >= 15 is 0 Å². The van der Waals surface area contributed by atoms with Gasteiger partial charge in [0.05, 0.1) is 12.7 Å². The first kappa shape index (κ1) is 29.3. The van der Waals surface area contributed by atoms with Crippen LogP contribution in [0.2, 0.25) is 58.9 Å². The fourth-order valence-electron chi connectivity index (χ4n) is 8.90. The zero-order valence-electron chi connectivity index (χ0n) is 25.6. The van der Waals surface area contributed by atoms with Gasteiger partial charge in [0.25, 0.3) is 0 Å². The van der Waals surface area contributed by atoms with E-state index in [1.807, 2.05) is 0 Å². The Kier molecular flexibility index (Phi) is 8.15. The van der Waals surface area contributed by atoms with Crippen molar-refractivity contribution < 1.29 is 13.3 Å². The topological polar surface area (TPSA) is 27.7 Å². The molecule has 0 heterocycles. The van der Waals surface area contributed by atoms with E-state index in [2.05, 4.69) is 78.8 Å². The standard InChI is InChI=1S/C30H58O3Si3/c1-29-18-16-23(32-35(6,7)8)20-22(29)12-13-24-25-14-15-27(30(25,2)19-17-26(24)29)28(33-36(9,10)11)21-31-34(3,4)5/h12,23-28H,13-21H2,1-11H3/t23?,24-,25-,26-,27+,28?,29-,30-/m0/s1. The van der Waals surface area contributed by atoms with E-state index in [-0.39, 0.29) is 6.10 Å². The lowest BCUT2D eigenvalue weighted by Crippen LogP contribution is -2.53. The van der Waals surface area contributed by atoms with Gasteiger partial charge in [-0.05, 0) is 145 Å². The van der Waals surface area contributed by atoms with Crippen molar-refractivity contribution in [3.8, 4) is 0 Å². The van der Waals surface area contributed by atoms with Crippen LogP contribution in [0.1, 0.15) is 65.2 Å². The smallest absolute Gasteiger partial charge is 0.184 e. The first-order chi connectivity index (χ1) is 16.4. The summed E-state index contributed by atoms with van der Waals surface area (Å²) in [6.07, 6.45) is 14.0. The van der Waals surface area contributed by atoms with Crippen molar-refractivity contribution in [3.05, 3.63) is 11.6 Å². The van der Waals surface area contributed by atoms with Crippen molar-refractivity contribution >= 4 is 25.0 Å². The van der Waals surface area contributed by atoms with Crippen LogP contribution in [0.3, 0.4) is 0 Å². The molecular formula is C30H58O3Si3. The Balaban J connectivity index is 1.53. The summed E-state index contributed by atoms with van der Waals surface area (Å²) in [5.41, 5.74) is 2.55. The maximum absolute atomic E-state index is 6.94. The number of hydrogen-bond donors (Lipinski definition) is 0. The highest BCUT2D eigenvalue weighted by Crippen LogP contribution is 2.67. The highest BCUT2D eigenvalue weighted by atomic mass is 28.4. The van der Waals surface area contributed by atoms with E-state index in [1.54, 1.807) is 5.57 Å². The predicted molar refractivity (Wildman–Crippen MR) is 161 cm³/mol. The van der Waals surface area contributed by atoms with Crippen molar-refractivity contribution in [2.24, 2.45) is 34.5 Å². The molecule has 4 aliphatic carbocycles. The van der Waals surface area contributed by atoms with Crippen LogP contribution in [0.5, 0.6) is 0 Å². The molecule has 36 heavy (non-hydrogen) atoms. The van der Waals surface area contributed by atoms with Crippen LogP contribution in [0.25, 0.3) is 0 Å². The summed E-state index contributed by atoms with van der Waals surface area (Å²) in [7, 11) is -4.71. The van der Waals surface area contributed by atoms with Gasteiger partial charge in [0.1, 0.15) is 0 Å². The van der Waals surface area contributed by atoms with Crippen LogP contribution in [0, 0.1) is 34.5 Å². The first-order valence-corrected chi connectivity index (χ1v) is 25.3. The highest BCUT2D eigenvalue weighted by Gasteiger charge is 2.60. The molecule has 3 saturated carbocycles. The van der Waals surface area contributed by atoms with Crippen molar-refractivity contribution in [1.82, 2.24) is 0 Å². The normalized spacial score (nSPS) is 40.2. The molecule has 4 aliphatic rings. The van der Waals surface area contributed by atoms with Gasteiger partial charge in [-0.3, -0.25) is 0 Å². The molecule has 3 fully saturated rings. The van der Waals surface area contributed by atoms with Crippen LogP contribution in [-0.4, -0.2) is 43.8 Å². The van der Waals surface area contributed by atoms with Gasteiger partial charge in [-0.2, -0.15) is 0 Å². The molecule has 6 heteroatoms. The van der Waals surface area contributed by atoms with Gasteiger partial charge in [-0.1, -0.05) is 25.5 Å². The molecule has 0 spiro atoms. The first-order valence-electron chi connectivity index (χ1n) is 15.1. The molecule has 0 saturated heterocycles. The molecule has 0 bridgehead atoms. The molecule has 0 N–H and O–H groups in total. The average Bonchev–Trinajstić information content (AvgIpc) is 3.06. The van der Waals surface area contributed by atoms with Gasteiger partial charge in [0, 0.05) is 6.10 Å². The van der Waals surface area contributed by atoms with Crippen LogP contribution in [0.15, 0.2) is 11.6 Å². The number of allylic oxidation sites excluding steroid dienone is 1. The zero-order valence-corrected chi connectivity index (χ0v) is 28.6. The van der Waals surface area contributed by atoms with E-state index in [0.29, 0.717) is 22.9 Å². The Morgan fingerprint density at radius 3 is 2.14 bits per heavy atom. The monoisotopic (exact) mass is 550 g/mol. The van der Waals surface area contributed by atoms with Crippen molar-refractivity contribution in [3.63, 3.8) is 0 Å². The number of fused-ring (bicyclic) bond motifs is 5. The molecule has 2 unspecified atom stereocenters. The molecule has 0 aliphatic heterocycles. The summed E-state index contributed by atoms with van der Waals surface area (Å²) >= 11 is 0. The van der Waals surface area contributed by atoms with Gasteiger partial charge in [0.15, 0.2) is 25.0 Å². The van der Waals surface area contributed by atoms with E-state index in [1.165, 1.54) is 51.4 Å². The fourth-order valence-corrected chi connectivity index (χ4v) is 11.9. The van der Waals surface area contributed by atoms with E-state index in [0.717, 1.165) is 24.4 Å². The van der Waals surface area contributed by atoms with Crippen LogP contribution in [-0.2, 0) is 13.3 Å². The second kappa shape index (κ2) is 10.0. The molecule has 0 amide bonds. The summed E-state index contributed by atoms with van der Waals surface area (Å²) in [5, 5.41) is 0. The molecule has 4 rings (SSSR count). The van der Waals surface area contributed by atoms with Gasteiger partial charge in [-0.25, -0.2) is 0 Å². The Hall–Kier alpha value is 0.271. The molecule has 0 radical (unpaired) electrons. The second-order valence-corrected chi connectivity index (χ2v) is 29.7. The predicted octanol–water partition coefficient (Wildman–Crippen LogP) is 8.86. The fraction of sp³-hybridized carbons (Fsp3) is 0.933. The lowest BCUT2D eigenvalue weighted by molar-refractivity contribution is -0.0726. The number of hydrogen-bond acceptors (Lipinski definition) is 3. The average molecular weight is 551 g/mol. The molecule has 0 aromatic carbocycles. The minimum Gasteiger partial charge on any atom is -0.415 e. The lowest BCUT2D eigenvalue weighted by atomic mass is 9.47. The molecule has 3 nitrogen and oxygen atoms in total. The van der Waals surface area contributed by atoms with Crippen molar-refractivity contribution in [2.75, 3.05) is 6.61 Å². The van der Waals surface area contributed by atoms with Crippen molar-refractivity contribution in [2.45, 2.75) is 136 Å². The Morgan fingerprint density at radius 1 is 0.833 bits per heavy atom. The minimum atomic E-state index is -1.65. The van der Waals surface area contributed by atoms with Gasteiger partial charge >= 0.3 is 0 Å². The van der Waals surface area contributed by atoms with Gasteiger partial charge < -0.3 is 13.3 Å². The largest absolute Gasteiger partial charge is 0.415 e. The van der Waals surface area contributed by atoms with E-state index in [9.17, 15) is 0 Å². The SMILES string of the molecule is C[C@]12CC[C@H]3[C@@H](CC=C4CC(O[Si](C)(C)C)CC[C@@]43C)[C@@H]1CC[C@@H]2C(CO[Si](C)(C)C)O[Si](C)(C)C. The Morgan fingerprint density at radius 2 is 1.53 bits per heavy atom. The quantitative estimate of drug-likeness (QED) is 0.223. The highest BCUT2D eigenvalue weighted by molar-refractivity contribution is 6.70. The Bertz CT molecular complexity index is 823. The maximum atomic E-state index is 6.94. The second-order valence-electron chi connectivity index (χ2n) is 16.3. The third-order valence-electron chi connectivity index (χ3n) is 10.3. The van der Waals surface area contributed by atoms with Crippen LogP contribution in [0.4, 0.5) is 0 Å². The number of rotatable bonds is 8. The minimum absolute atomic E-state index is 0.273. The summed E-state index contributed by atoms with van der Waals surface area (Å²) in [6.45, 7) is 27.2. The third-order valence-corrected chi connectivity index (χ3v) is 13.4. The molecular weight excluding hydrogens is 493 g/mol.